The van der Waals surface area contributed by atoms with Crippen molar-refractivity contribution in [3.8, 4) is 22.3 Å². The predicted molar refractivity (Wildman–Crippen MR) is 261 cm³/mol. The zero-order chi connectivity index (χ0) is 49.6. The highest BCUT2D eigenvalue weighted by Gasteiger charge is 2.41. The molecule has 4 atom stereocenters. The Kier molecular flexibility index (Phi) is 12.3. The second-order valence-electron chi connectivity index (χ2n) is 18.7. The van der Waals surface area contributed by atoms with Gasteiger partial charge in [-0.3, -0.25) is 9.59 Å². The first kappa shape index (κ1) is 47.7. The molecule has 0 spiro atoms. The third-order valence-corrected chi connectivity index (χ3v) is 16.8. The first-order chi connectivity index (χ1) is 33.2. The van der Waals surface area contributed by atoms with E-state index in [1.807, 2.05) is 64.1 Å². The average Bonchev–Trinajstić information content (AvgIpc) is 4.17. The van der Waals surface area contributed by atoms with Crippen LogP contribution < -0.4 is 10.2 Å². The van der Waals surface area contributed by atoms with E-state index in [0.717, 1.165) is 67.3 Å². The second-order valence-corrected chi connectivity index (χ2v) is 23.1. The van der Waals surface area contributed by atoms with Gasteiger partial charge in [-0.1, -0.05) is 34.0 Å². The van der Waals surface area contributed by atoms with E-state index in [0.29, 0.717) is 82.0 Å². The number of nitrogens with zero attached hydrogens (tertiary/aromatic N) is 9. The van der Waals surface area contributed by atoms with Crippen LogP contribution in [-0.2, 0) is 29.6 Å². The van der Waals surface area contributed by atoms with Gasteiger partial charge < -0.3 is 28.4 Å². The summed E-state index contributed by atoms with van der Waals surface area (Å²) >= 11 is 6.07. The van der Waals surface area contributed by atoms with Gasteiger partial charge in [0.25, 0.3) is 0 Å². The Labute approximate surface area is 408 Å². The second kappa shape index (κ2) is 18.0. The molecule has 0 saturated carbocycles. The van der Waals surface area contributed by atoms with Gasteiger partial charge in [-0.2, -0.15) is 0 Å². The van der Waals surface area contributed by atoms with Crippen molar-refractivity contribution in [3.63, 3.8) is 0 Å². The van der Waals surface area contributed by atoms with Crippen LogP contribution in [0.25, 0.3) is 44.3 Å². The first-order valence-corrected chi connectivity index (χ1v) is 27.2. The van der Waals surface area contributed by atoms with Crippen LogP contribution in [-0.4, -0.2) is 105 Å². The maximum absolute atomic E-state index is 13.9. The van der Waals surface area contributed by atoms with E-state index in [-0.39, 0.29) is 35.0 Å². The van der Waals surface area contributed by atoms with Crippen LogP contribution >= 0.6 is 11.6 Å². The van der Waals surface area contributed by atoms with E-state index in [1.165, 1.54) is 33.3 Å². The zero-order valence-corrected chi connectivity index (χ0v) is 41.8. The number of imidazole rings is 2. The lowest BCUT2D eigenvalue weighted by Crippen LogP contribution is -2.31. The summed E-state index contributed by atoms with van der Waals surface area (Å²) in [4.78, 5) is 36.6. The van der Waals surface area contributed by atoms with Gasteiger partial charge in [-0.05, 0) is 107 Å². The van der Waals surface area contributed by atoms with Crippen molar-refractivity contribution in [1.29, 1.82) is 0 Å². The molecular formula is C48H52ClFN10O8S2. The summed E-state index contributed by atoms with van der Waals surface area (Å²) in [5, 5.41) is 11.1. The summed E-state index contributed by atoms with van der Waals surface area (Å²) in [6, 6.07) is 15.4. The van der Waals surface area contributed by atoms with E-state index >= 15 is 0 Å². The van der Waals surface area contributed by atoms with Crippen molar-refractivity contribution in [2.75, 3.05) is 43.6 Å². The summed E-state index contributed by atoms with van der Waals surface area (Å²) < 4.78 is 80.6. The van der Waals surface area contributed by atoms with Crippen LogP contribution in [0.5, 0.6) is 0 Å². The standard InChI is InChI=1S/C27H27ClFN5O4S.C21H25N5O4S/c1-15-26(16(2)38-31-15)17-4-7-23-22(12-17)30-27(34(23)19-10-11-32(14-19)39(3,36)37)24-8-9-25(35)33(24)18-5-6-21(29)20(28)13-18;1-12-20(13(2)30-24-12)14-4-6-18-17(10-14)23-21(16-5-7-19(27)22-16)26(18)15-8-9-25(11-15)31(3,28)29/h4-7,12-13,19,24H,8-11,14H2,1-3H3;4,6,10,15-16H,5,7-9,11H2,1-3H3,(H,22,27)/t19-,24+;15-,16+/m11/s1. The minimum absolute atomic E-state index is 0.0178. The number of hydrogen-bond donors (Lipinski definition) is 1. The number of rotatable bonds is 9. The number of halogens is 2. The lowest BCUT2D eigenvalue weighted by Gasteiger charge is -2.27. The van der Waals surface area contributed by atoms with Crippen LogP contribution in [0.15, 0.2) is 63.6 Å². The molecular weight excluding hydrogens is 963 g/mol. The largest absolute Gasteiger partial charge is 0.361 e. The van der Waals surface area contributed by atoms with E-state index in [1.54, 1.807) is 11.0 Å². The van der Waals surface area contributed by atoms with Crippen molar-refractivity contribution in [2.24, 2.45) is 0 Å². The minimum atomic E-state index is -3.36. The predicted octanol–water partition coefficient (Wildman–Crippen LogP) is 7.64. The number of carbonyl (C=O) groups excluding carboxylic acids is 2. The fraction of sp³-hybridized carbons (Fsp3) is 0.417. The summed E-state index contributed by atoms with van der Waals surface area (Å²) in [5.74, 6) is 2.25. The molecule has 3 aromatic carbocycles. The number of carbonyl (C=O) groups is 2. The van der Waals surface area contributed by atoms with Gasteiger partial charge in [0.1, 0.15) is 29.0 Å². The molecule has 11 rings (SSSR count). The Morgan fingerprint density at radius 2 is 1.21 bits per heavy atom. The number of benzene rings is 3. The normalized spacial score (nSPS) is 21.4. The van der Waals surface area contributed by atoms with Crippen molar-refractivity contribution in [1.82, 2.24) is 43.3 Å². The molecule has 22 heteroatoms. The van der Waals surface area contributed by atoms with Crippen LogP contribution in [0, 0.1) is 33.5 Å². The maximum Gasteiger partial charge on any atom is 0.227 e. The van der Waals surface area contributed by atoms with Gasteiger partial charge in [0.2, 0.25) is 31.9 Å². The number of amides is 2. The number of aromatic nitrogens is 6. The topological polar surface area (TPSA) is 212 Å². The van der Waals surface area contributed by atoms with E-state index in [4.69, 9.17) is 30.6 Å². The highest BCUT2D eigenvalue weighted by molar-refractivity contribution is 7.88. The molecule has 4 fully saturated rings. The van der Waals surface area contributed by atoms with Crippen molar-refractivity contribution < 1.29 is 39.9 Å². The molecule has 70 heavy (non-hydrogen) atoms. The molecule has 4 aliphatic heterocycles. The number of anilines is 1. The Morgan fingerprint density at radius 1 is 0.686 bits per heavy atom. The SMILES string of the molecule is Cc1noc(C)c1-c1ccc2c(c1)nc([C@@H]1CCC(=O)N1)n2[C@@H]1CCN(S(C)(=O)=O)C1.Cc1noc(C)c1-c1ccc2c(c1)nc([C@@H]1CCC(=O)N1c1ccc(F)c(Cl)c1)n2[C@@H]1CCN(S(C)(=O)=O)C1. The summed E-state index contributed by atoms with van der Waals surface area (Å²) in [6.45, 7) is 9.14. The Morgan fingerprint density at radius 3 is 1.67 bits per heavy atom. The van der Waals surface area contributed by atoms with Crippen molar-refractivity contribution in [3.05, 3.63) is 100.0 Å². The van der Waals surface area contributed by atoms with Gasteiger partial charge in [-0.15, -0.1) is 0 Å². The van der Waals surface area contributed by atoms with E-state index in [2.05, 4.69) is 24.8 Å². The molecule has 7 aromatic rings. The smallest absolute Gasteiger partial charge is 0.227 e. The lowest BCUT2D eigenvalue weighted by molar-refractivity contribution is -0.119. The Bertz CT molecular complexity index is 3440. The van der Waals surface area contributed by atoms with E-state index in [9.17, 15) is 30.8 Å². The number of fused-ring (bicyclic) bond motifs is 2. The molecule has 8 heterocycles. The molecule has 2 amide bonds. The van der Waals surface area contributed by atoms with Gasteiger partial charge in [0.15, 0.2) is 0 Å². The molecule has 0 aliphatic carbocycles. The fourth-order valence-electron chi connectivity index (χ4n) is 10.7. The number of hydrogen-bond acceptors (Lipinski definition) is 12. The maximum atomic E-state index is 13.9. The third kappa shape index (κ3) is 8.68. The Hall–Kier alpha value is -6.00. The Balaban J connectivity index is 0.000000166. The number of sulfonamides is 2. The van der Waals surface area contributed by atoms with Crippen LogP contribution in [0.3, 0.4) is 0 Å². The van der Waals surface area contributed by atoms with Crippen LogP contribution in [0.2, 0.25) is 5.02 Å². The van der Waals surface area contributed by atoms with Crippen molar-refractivity contribution in [2.45, 2.75) is 90.4 Å². The quantitative estimate of drug-likeness (QED) is 0.148. The van der Waals surface area contributed by atoms with E-state index < -0.39 is 31.9 Å². The molecule has 18 nitrogen and oxygen atoms in total. The fourth-order valence-corrected chi connectivity index (χ4v) is 12.7. The van der Waals surface area contributed by atoms with Gasteiger partial charge in [0, 0.05) is 55.8 Å². The molecule has 0 bridgehead atoms. The zero-order valence-electron chi connectivity index (χ0n) is 39.4. The number of aryl methyl sites for hydroxylation is 4. The lowest BCUT2D eigenvalue weighted by atomic mass is 10.0. The van der Waals surface area contributed by atoms with Crippen molar-refractivity contribution >= 4 is 71.2 Å². The highest BCUT2D eigenvalue weighted by atomic mass is 35.5. The molecule has 1 N–H and O–H groups in total. The molecule has 4 saturated heterocycles. The molecule has 4 aromatic heterocycles. The molecule has 4 aliphatic rings. The first-order valence-electron chi connectivity index (χ1n) is 23.1. The van der Waals surface area contributed by atoms with Crippen LogP contribution in [0.1, 0.15) is 97.2 Å². The van der Waals surface area contributed by atoms with Gasteiger partial charge in [0.05, 0.1) is 75.2 Å². The highest BCUT2D eigenvalue weighted by Crippen LogP contribution is 2.43. The van der Waals surface area contributed by atoms with Gasteiger partial charge in [-0.25, -0.2) is 39.8 Å². The average molecular weight is 1020 g/mol. The summed E-state index contributed by atoms with van der Waals surface area (Å²) in [7, 11) is -6.62. The molecule has 0 radical (unpaired) electrons. The monoisotopic (exact) mass is 1010 g/mol. The number of nitrogens with one attached hydrogen (secondary N) is 1. The summed E-state index contributed by atoms with van der Waals surface area (Å²) in [6.07, 6.45) is 5.74. The van der Waals surface area contributed by atoms with Crippen LogP contribution in [0.4, 0.5) is 10.1 Å². The minimum Gasteiger partial charge on any atom is -0.361 e. The van der Waals surface area contributed by atoms with Gasteiger partial charge >= 0.3 is 0 Å². The molecule has 368 valence electrons. The molecule has 0 unspecified atom stereocenters. The summed E-state index contributed by atoms with van der Waals surface area (Å²) in [5.41, 5.74) is 9.13. The third-order valence-electron chi connectivity index (χ3n) is 14.0.